The van der Waals surface area contributed by atoms with Gasteiger partial charge in [0.25, 0.3) is 0 Å². The van der Waals surface area contributed by atoms with Crippen LogP contribution in [-0.4, -0.2) is 67.2 Å². The Morgan fingerprint density at radius 2 is 2.22 bits per heavy atom. The van der Waals surface area contributed by atoms with E-state index >= 15 is 0 Å². The molecule has 0 aromatic rings. The monoisotopic (exact) mass is 374 g/mol. The molecule has 4 atom stereocenters. The summed E-state index contributed by atoms with van der Waals surface area (Å²) >= 11 is 0. The lowest BCUT2D eigenvalue weighted by atomic mass is 9.82. The van der Waals surface area contributed by atoms with E-state index in [2.05, 4.69) is 17.2 Å². The second-order valence-electron chi connectivity index (χ2n) is 7.09. The molecular formula is C18H22N4O5. The van der Waals surface area contributed by atoms with Gasteiger partial charge in [-0.2, -0.15) is 0 Å². The first-order chi connectivity index (χ1) is 12.9. The predicted octanol–water partition coefficient (Wildman–Crippen LogP) is -0.834. The first kappa shape index (κ1) is 17.7. The number of allylic oxidation sites excluding steroid dienone is 2. The maximum Gasteiger partial charge on any atom is 0.404 e. The zero-order valence-corrected chi connectivity index (χ0v) is 15.2. The summed E-state index contributed by atoms with van der Waals surface area (Å²) in [6.45, 7) is 6.02. The Morgan fingerprint density at radius 3 is 2.85 bits per heavy atom. The number of amides is 1. The third-order valence-corrected chi connectivity index (χ3v) is 5.85. The van der Waals surface area contributed by atoms with E-state index < -0.39 is 17.7 Å². The summed E-state index contributed by atoms with van der Waals surface area (Å²) in [4.78, 5) is 39.5. The molecule has 3 aliphatic heterocycles. The van der Waals surface area contributed by atoms with E-state index in [-0.39, 0.29) is 36.0 Å². The second-order valence-corrected chi connectivity index (χ2v) is 7.09. The van der Waals surface area contributed by atoms with Gasteiger partial charge in [0, 0.05) is 37.4 Å². The van der Waals surface area contributed by atoms with Crippen molar-refractivity contribution in [3.63, 3.8) is 0 Å². The summed E-state index contributed by atoms with van der Waals surface area (Å²) < 4.78 is 10.9. The molecular weight excluding hydrogens is 352 g/mol. The van der Waals surface area contributed by atoms with Gasteiger partial charge in [0.15, 0.2) is 5.72 Å². The van der Waals surface area contributed by atoms with Crippen molar-refractivity contribution in [2.75, 3.05) is 26.8 Å². The molecule has 0 bridgehead atoms. The summed E-state index contributed by atoms with van der Waals surface area (Å²) in [5.74, 6) is -1.13. The Kier molecular flexibility index (Phi) is 3.90. The third kappa shape index (κ3) is 2.21. The molecule has 4 N–H and O–H groups in total. The quantitative estimate of drug-likeness (QED) is 0.312. The largest absolute Gasteiger partial charge is 0.449 e. The SMILES string of the molecule is C=CCNC1=C(C)C(=O)C2=C(C1=O)[C@H](COC(N)=O)C1(OC)[C@@H]3N[C@@H]3CN21. The Bertz CT molecular complexity index is 832. The molecule has 1 aliphatic carbocycles. The van der Waals surface area contributed by atoms with Crippen LogP contribution in [-0.2, 0) is 19.1 Å². The van der Waals surface area contributed by atoms with E-state index in [0.29, 0.717) is 29.9 Å². The summed E-state index contributed by atoms with van der Waals surface area (Å²) in [5, 5.41) is 6.28. The van der Waals surface area contributed by atoms with Gasteiger partial charge in [0.05, 0.1) is 23.4 Å². The normalized spacial score (nSPS) is 33.7. The lowest BCUT2D eigenvalue weighted by Gasteiger charge is -2.39. The molecule has 2 saturated heterocycles. The topological polar surface area (TPSA) is 133 Å². The molecule has 9 heteroatoms. The van der Waals surface area contributed by atoms with Gasteiger partial charge in [0.2, 0.25) is 11.6 Å². The average molecular weight is 374 g/mol. The lowest BCUT2D eigenvalue weighted by molar-refractivity contribution is -0.137. The molecule has 0 spiro atoms. The number of piperazine rings is 1. The molecule has 1 unspecified atom stereocenters. The number of hydrogen-bond acceptors (Lipinski definition) is 8. The smallest absolute Gasteiger partial charge is 0.404 e. The van der Waals surface area contributed by atoms with E-state index in [0.717, 1.165) is 0 Å². The van der Waals surface area contributed by atoms with Crippen molar-refractivity contribution >= 4 is 17.7 Å². The molecule has 2 fully saturated rings. The minimum atomic E-state index is -0.954. The fraction of sp³-hybridized carbons (Fsp3) is 0.500. The van der Waals surface area contributed by atoms with Crippen LogP contribution in [0.3, 0.4) is 0 Å². The molecule has 27 heavy (non-hydrogen) atoms. The number of Topliss-reactive ketones (excluding diaryl/α,β-unsaturated/α-hetero) is 2. The van der Waals surface area contributed by atoms with Crippen LogP contribution in [0.15, 0.2) is 35.2 Å². The molecule has 0 saturated carbocycles. The molecule has 4 aliphatic rings. The van der Waals surface area contributed by atoms with E-state index in [9.17, 15) is 14.4 Å². The van der Waals surface area contributed by atoms with Gasteiger partial charge in [-0.25, -0.2) is 4.79 Å². The zero-order chi connectivity index (χ0) is 19.5. The van der Waals surface area contributed by atoms with Gasteiger partial charge in [-0.15, -0.1) is 6.58 Å². The van der Waals surface area contributed by atoms with Crippen LogP contribution in [0.2, 0.25) is 0 Å². The summed E-state index contributed by atoms with van der Waals surface area (Å²) in [6, 6.07) is 0.114. The standard InChI is InChI=1S/C18H22N4O5/c1-4-5-20-12-8(2)14(23)13-11(15(12)24)9(7-27-17(19)25)18(26-3)16-10(21-16)6-22(13)18/h4,9-10,16,20-21H,1,5-7H2,2-3H3,(H2,19,25)/t9-,10+,16+,18?/m0/s1. The highest BCUT2D eigenvalue weighted by Crippen LogP contribution is 2.55. The van der Waals surface area contributed by atoms with E-state index in [1.54, 1.807) is 13.0 Å². The van der Waals surface area contributed by atoms with Crippen molar-refractivity contribution in [3.8, 4) is 0 Å². The Hall–Kier alpha value is -2.65. The first-order valence-electron chi connectivity index (χ1n) is 8.78. The van der Waals surface area contributed by atoms with Crippen molar-refractivity contribution in [2.24, 2.45) is 11.7 Å². The molecule has 0 aromatic heterocycles. The van der Waals surface area contributed by atoms with Gasteiger partial charge < -0.3 is 30.7 Å². The van der Waals surface area contributed by atoms with E-state index in [1.165, 1.54) is 7.11 Å². The summed E-state index contributed by atoms with van der Waals surface area (Å²) in [7, 11) is 1.54. The van der Waals surface area contributed by atoms with Crippen molar-refractivity contribution in [1.82, 2.24) is 15.5 Å². The first-order valence-corrected chi connectivity index (χ1v) is 8.78. The van der Waals surface area contributed by atoms with Crippen LogP contribution >= 0.6 is 0 Å². The number of ether oxygens (including phenoxy) is 2. The number of fused-ring (bicyclic) bond motifs is 4. The Morgan fingerprint density at radius 1 is 1.48 bits per heavy atom. The zero-order valence-electron chi connectivity index (χ0n) is 15.2. The third-order valence-electron chi connectivity index (χ3n) is 5.85. The van der Waals surface area contributed by atoms with E-state index in [4.69, 9.17) is 15.2 Å². The molecule has 3 heterocycles. The maximum atomic E-state index is 13.3. The highest BCUT2D eigenvalue weighted by atomic mass is 16.6. The van der Waals surface area contributed by atoms with Crippen molar-refractivity contribution in [3.05, 3.63) is 35.2 Å². The highest BCUT2D eigenvalue weighted by Gasteiger charge is 2.72. The number of nitrogens with one attached hydrogen (secondary N) is 2. The number of primary amides is 1. The maximum absolute atomic E-state index is 13.3. The number of methoxy groups -OCH3 is 1. The van der Waals surface area contributed by atoms with E-state index in [1.807, 2.05) is 4.90 Å². The van der Waals surface area contributed by atoms with Gasteiger partial charge in [-0.1, -0.05) is 6.08 Å². The second kappa shape index (κ2) is 5.93. The van der Waals surface area contributed by atoms with Gasteiger partial charge in [-0.05, 0) is 6.92 Å². The Labute approximate surface area is 156 Å². The molecule has 1 amide bonds. The number of rotatable bonds is 6. The Balaban J connectivity index is 1.80. The fourth-order valence-corrected chi connectivity index (χ4v) is 4.68. The molecule has 9 nitrogen and oxygen atoms in total. The predicted molar refractivity (Wildman–Crippen MR) is 94.1 cm³/mol. The van der Waals surface area contributed by atoms with Crippen molar-refractivity contribution < 1.29 is 23.9 Å². The molecule has 0 aromatic carbocycles. The minimum absolute atomic E-state index is 0.0555. The average Bonchev–Trinajstić information content (AvgIpc) is 3.24. The summed E-state index contributed by atoms with van der Waals surface area (Å²) in [5.41, 5.74) is 5.45. The lowest BCUT2D eigenvalue weighted by Crippen LogP contribution is -2.55. The number of carbonyl (C=O) groups excluding carboxylic acids is 3. The summed E-state index contributed by atoms with van der Waals surface area (Å²) in [6.07, 6.45) is 0.671. The van der Waals surface area contributed by atoms with Crippen LogP contribution in [0, 0.1) is 5.92 Å². The minimum Gasteiger partial charge on any atom is -0.449 e. The van der Waals surface area contributed by atoms with Gasteiger partial charge >= 0.3 is 6.09 Å². The molecule has 144 valence electrons. The van der Waals surface area contributed by atoms with Crippen LogP contribution in [0.1, 0.15) is 6.92 Å². The highest BCUT2D eigenvalue weighted by molar-refractivity contribution is 6.25. The van der Waals surface area contributed by atoms with Crippen molar-refractivity contribution in [1.29, 1.82) is 0 Å². The number of nitrogens with two attached hydrogens (primary N) is 1. The number of hydrogen-bond donors (Lipinski definition) is 3. The van der Waals surface area contributed by atoms with Crippen LogP contribution in [0.25, 0.3) is 0 Å². The van der Waals surface area contributed by atoms with Crippen molar-refractivity contribution in [2.45, 2.75) is 24.7 Å². The van der Waals surface area contributed by atoms with Crippen LogP contribution < -0.4 is 16.4 Å². The van der Waals surface area contributed by atoms with Gasteiger partial charge in [-0.3, -0.25) is 9.59 Å². The fourth-order valence-electron chi connectivity index (χ4n) is 4.68. The van der Waals surface area contributed by atoms with Crippen LogP contribution in [0.5, 0.6) is 0 Å². The number of carbonyl (C=O) groups is 3. The molecule has 0 radical (unpaired) electrons. The number of nitrogens with zero attached hydrogens (tertiary/aromatic N) is 1. The van der Waals surface area contributed by atoms with Gasteiger partial charge in [0.1, 0.15) is 6.61 Å². The molecule has 4 rings (SSSR count). The number of ketones is 2. The van der Waals surface area contributed by atoms with Crippen LogP contribution in [0.4, 0.5) is 4.79 Å².